The van der Waals surface area contributed by atoms with Gasteiger partial charge in [0.15, 0.2) is 0 Å². The van der Waals surface area contributed by atoms with Crippen LogP contribution in [0, 0.1) is 0 Å². The highest BCUT2D eigenvalue weighted by molar-refractivity contribution is 6.93. The Labute approximate surface area is 282 Å². The van der Waals surface area contributed by atoms with Crippen molar-refractivity contribution < 1.29 is 17.1 Å². The second-order valence-electron chi connectivity index (χ2n) is 12.2. The Morgan fingerprint density at radius 3 is 1.00 bits per heavy atom. The summed E-state index contributed by atoms with van der Waals surface area (Å²) in [4.78, 5) is 0. The van der Waals surface area contributed by atoms with Crippen molar-refractivity contribution >= 4 is 36.1 Å². The van der Waals surface area contributed by atoms with Gasteiger partial charge in [0, 0.05) is 21.5 Å². The summed E-state index contributed by atoms with van der Waals surface area (Å²) in [6.45, 7) is 8.45. The predicted molar refractivity (Wildman–Crippen MR) is 200 cm³/mol. The van der Waals surface area contributed by atoms with Crippen LogP contribution in [0.2, 0.25) is 26.2 Å². The number of para-hydroxylation sites is 2. The fourth-order valence-electron chi connectivity index (χ4n) is 5.96. The molecule has 2 unspecified atom stereocenters. The number of rotatable bonds is 12. The van der Waals surface area contributed by atoms with E-state index in [-0.39, 0.29) is 0 Å². The van der Waals surface area contributed by atoms with Crippen molar-refractivity contribution in [2.45, 2.75) is 26.2 Å². The second-order valence-corrected chi connectivity index (χ2v) is 21.9. The molecule has 0 fully saturated rings. The van der Waals surface area contributed by atoms with E-state index in [1.54, 1.807) is 0 Å². The zero-order valence-electron chi connectivity index (χ0n) is 27.3. The van der Waals surface area contributed by atoms with Crippen molar-refractivity contribution in [2.24, 2.45) is 0 Å². The largest absolute Gasteiger partial charge is 0.517 e. The maximum absolute atomic E-state index is 7.26. The van der Waals surface area contributed by atoms with Gasteiger partial charge in [-0.1, -0.05) is 158 Å². The summed E-state index contributed by atoms with van der Waals surface area (Å²) < 4.78 is 28.7. The first kappa shape index (κ1) is 32.4. The Balaban J connectivity index is 1.37. The van der Waals surface area contributed by atoms with Gasteiger partial charge < -0.3 is 17.1 Å². The topological polar surface area (TPSA) is 36.9 Å². The molecule has 0 heterocycles. The molecular weight excluding hydrogens is 629 g/mol. The van der Waals surface area contributed by atoms with E-state index in [1.807, 2.05) is 109 Å². The summed E-state index contributed by atoms with van der Waals surface area (Å²) in [5.41, 5.74) is 4.23. The molecule has 0 aliphatic rings. The van der Waals surface area contributed by atoms with Crippen molar-refractivity contribution in [2.75, 3.05) is 0 Å². The molecule has 0 saturated heterocycles. The molecule has 47 heavy (non-hydrogen) atoms. The molecular formula is C40H40O4Si3. The monoisotopic (exact) mass is 668 g/mol. The van der Waals surface area contributed by atoms with Crippen LogP contribution in [0.3, 0.4) is 0 Å². The number of benzene rings is 6. The normalized spacial score (nSPS) is 14.0. The van der Waals surface area contributed by atoms with Gasteiger partial charge >= 0.3 is 25.7 Å². The van der Waals surface area contributed by atoms with E-state index in [9.17, 15) is 0 Å². The van der Waals surface area contributed by atoms with Crippen molar-refractivity contribution in [1.29, 1.82) is 0 Å². The van der Waals surface area contributed by atoms with Gasteiger partial charge in [0.2, 0.25) is 0 Å². The molecule has 6 aromatic rings. The highest BCUT2D eigenvalue weighted by Gasteiger charge is 2.50. The SMILES string of the molecule is C[Si](C)(O[Si](C)(Oc1ccccc1-c1ccccc1)c1ccccc1)O[Si](C)(Oc1ccccc1-c1ccccc1)c1ccccc1. The molecule has 6 aromatic carbocycles. The molecule has 2 atom stereocenters. The number of hydrogen-bond donors (Lipinski definition) is 0. The zero-order chi connectivity index (χ0) is 32.7. The average Bonchev–Trinajstić information content (AvgIpc) is 3.10. The Bertz CT molecular complexity index is 1750. The third-order valence-corrected chi connectivity index (χ3v) is 19.1. The summed E-state index contributed by atoms with van der Waals surface area (Å²) in [5, 5.41) is 2.07. The quantitative estimate of drug-likeness (QED) is 0.122. The minimum absolute atomic E-state index is 0.789. The van der Waals surface area contributed by atoms with E-state index in [4.69, 9.17) is 17.1 Å². The van der Waals surface area contributed by atoms with Crippen LogP contribution >= 0.6 is 0 Å². The average molecular weight is 669 g/mol. The van der Waals surface area contributed by atoms with Crippen LogP contribution in [0.5, 0.6) is 11.5 Å². The van der Waals surface area contributed by atoms with Gasteiger partial charge in [-0.3, -0.25) is 0 Å². The lowest BCUT2D eigenvalue weighted by molar-refractivity contribution is 0.309. The highest BCUT2D eigenvalue weighted by atomic mass is 28.5. The molecule has 0 radical (unpaired) electrons. The van der Waals surface area contributed by atoms with Crippen molar-refractivity contribution in [1.82, 2.24) is 0 Å². The Morgan fingerprint density at radius 2 is 0.638 bits per heavy atom. The molecule has 0 spiro atoms. The van der Waals surface area contributed by atoms with Crippen LogP contribution in [-0.2, 0) is 8.23 Å². The molecule has 0 aliphatic carbocycles. The molecule has 0 N–H and O–H groups in total. The Kier molecular flexibility index (Phi) is 9.72. The molecule has 0 aliphatic heterocycles. The van der Waals surface area contributed by atoms with Crippen molar-refractivity contribution in [3.63, 3.8) is 0 Å². The molecule has 0 saturated carbocycles. The molecule has 236 valence electrons. The third-order valence-electron chi connectivity index (χ3n) is 8.03. The molecule has 0 aromatic heterocycles. The van der Waals surface area contributed by atoms with Gasteiger partial charge in [0.25, 0.3) is 0 Å². The first-order valence-electron chi connectivity index (χ1n) is 15.9. The summed E-state index contributed by atoms with van der Waals surface area (Å²) in [6, 6.07) is 57.6. The lowest BCUT2D eigenvalue weighted by Gasteiger charge is -2.40. The summed E-state index contributed by atoms with van der Waals surface area (Å²) in [7, 11) is -9.21. The predicted octanol–water partition coefficient (Wildman–Crippen LogP) is 9.17. The van der Waals surface area contributed by atoms with Crippen LogP contribution in [0.25, 0.3) is 22.3 Å². The minimum Gasteiger partial charge on any atom is -0.517 e. The highest BCUT2D eigenvalue weighted by Crippen LogP contribution is 2.35. The van der Waals surface area contributed by atoms with Crippen molar-refractivity contribution in [3.8, 4) is 33.8 Å². The minimum atomic E-state index is -3.12. The Hall–Kier alpha value is -4.51. The van der Waals surface area contributed by atoms with E-state index < -0.39 is 25.7 Å². The zero-order valence-corrected chi connectivity index (χ0v) is 30.3. The second kappa shape index (κ2) is 14.1. The van der Waals surface area contributed by atoms with Crippen LogP contribution in [0.15, 0.2) is 170 Å². The van der Waals surface area contributed by atoms with E-state index in [1.165, 1.54) is 0 Å². The first-order chi connectivity index (χ1) is 22.7. The van der Waals surface area contributed by atoms with Gasteiger partial charge in [-0.05, 0) is 49.4 Å². The summed E-state index contributed by atoms with van der Waals surface area (Å²) in [5.74, 6) is 1.58. The van der Waals surface area contributed by atoms with E-state index >= 15 is 0 Å². The van der Waals surface area contributed by atoms with Crippen LogP contribution < -0.4 is 19.2 Å². The van der Waals surface area contributed by atoms with Gasteiger partial charge in [0.1, 0.15) is 11.5 Å². The molecule has 4 nitrogen and oxygen atoms in total. The standard InChI is InChI=1S/C40H40O4Si3/c1-45(2,43-46(3,35-25-13-7-14-26-35)41-39-31-19-17-29-37(39)33-21-9-5-10-22-33)44-47(4,36-27-15-8-16-28-36)42-40-32-20-18-30-38(40)34-23-11-6-12-24-34/h5-32H,1-4H3. The van der Waals surface area contributed by atoms with Gasteiger partial charge in [-0.15, -0.1) is 0 Å². The molecule has 6 rings (SSSR count). The first-order valence-corrected chi connectivity index (χ1v) is 23.4. The molecule has 7 heteroatoms. The van der Waals surface area contributed by atoms with Crippen LogP contribution in [0.4, 0.5) is 0 Å². The van der Waals surface area contributed by atoms with Gasteiger partial charge in [-0.25, -0.2) is 0 Å². The van der Waals surface area contributed by atoms with E-state index in [2.05, 4.69) is 86.9 Å². The van der Waals surface area contributed by atoms with E-state index in [0.29, 0.717) is 0 Å². The summed E-state index contributed by atoms with van der Waals surface area (Å²) >= 11 is 0. The summed E-state index contributed by atoms with van der Waals surface area (Å²) in [6.07, 6.45) is 0. The number of hydrogen-bond acceptors (Lipinski definition) is 4. The lowest BCUT2D eigenvalue weighted by Crippen LogP contribution is -2.65. The van der Waals surface area contributed by atoms with E-state index in [0.717, 1.165) is 44.1 Å². The maximum atomic E-state index is 7.26. The Morgan fingerprint density at radius 1 is 0.340 bits per heavy atom. The fourth-order valence-corrected chi connectivity index (χ4v) is 18.3. The fraction of sp³-hybridized carbons (Fsp3) is 0.100. The van der Waals surface area contributed by atoms with Gasteiger partial charge in [-0.2, -0.15) is 0 Å². The molecule has 0 bridgehead atoms. The van der Waals surface area contributed by atoms with Crippen LogP contribution in [0.1, 0.15) is 0 Å². The maximum Gasteiger partial charge on any atom is 0.421 e. The van der Waals surface area contributed by atoms with Gasteiger partial charge in [0.05, 0.1) is 0 Å². The third kappa shape index (κ3) is 7.73. The smallest absolute Gasteiger partial charge is 0.421 e. The molecule has 0 amide bonds. The van der Waals surface area contributed by atoms with Crippen molar-refractivity contribution in [3.05, 3.63) is 170 Å². The lowest BCUT2D eigenvalue weighted by atomic mass is 10.1. The van der Waals surface area contributed by atoms with Crippen LogP contribution in [-0.4, -0.2) is 25.7 Å².